The van der Waals surface area contributed by atoms with Gasteiger partial charge in [-0.15, -0.1) is 0 Å². The number of aromatic nitrogens is 1. The molecule has 0 aromatic carbocycles. The highest BCUT2D eigenvalue weighted by molar-refractivity contribution is 5.21. The van der Waals surface area contributed by atoms with E-state index in [-0.39, 0.29) is 6.04 Å². The van der Waals surface area contributed by atoms with Crippen molar-refractivity contribution in [1.29, 1.82) is 0 Å². The lowest BCUT2D eigenvalue weighted by molar-refractivity contribution is 0.0833. The molecule has 2 N–H and O–H groups in total. The van der Waals surface area contributed by atoms with Gasteiger partial charge in [-0.25, -0.2) is 4.98 Å². The fourth-order valence-corrected chi connectivity index (χ4v) is 2.86. The van der Waals surface area contributed by atoms with Crippen LogP contribution in [0.5, 0.6) is 5.88 Å². The number of methoxy groups -OCH3 is 2. The van der Waals surface area contributed by atoms with E-state index in [1.807, 2.05) is 12.3 Å². The van der Waals surface area contributed by atoms with E-state index in [2.05, 4.69) is 22.9 Å². The van der Waals surface area contributed by atoms with Crippen LogP contribution < -0.4 is 10.5 Å². The average Bonchev–Trinajstić information content (AvgIpc) is 3.36. The third kappa shape index (κ3) is 4.15. The van der Waals surface area contributed by atoms with Crippen molar-refractivity contribution in [3.05, 3.63) is 23.9 Å². The van der Waals surface area contributed by atoms with Gasteiger partial charge in [0.2, 0.25) is 5.88 Å². The molecule has 21 heavy (non-hydrogen) atoms. The summed E-state index contributed by atoms with van der Waals surface area (Å²) < 4.78 is 10.4. The Morgan fingerprint density at radius 3 is 2.62 bits per heavy atom. The molecule has 0 spiro atoms. The Bertz CT molecular complexity index is 420. The topological polar surface area (TPSA) is 60.6 Å². The van der Waals surface area contributed by atoms with Gasteiger partial charge in [0.15, 0.2) is 0 Å². The van der Waals surface area contributed by atoms with Crippen molar-refractivity contribution in [2.75, 3.05) is 33.9 Å². The highest BCUT2D eigenvalue weighted by atomic mass is 16.5. The molecule has 2 atom stereocenters. The van der Waals surface area contributed by atoms with Crippen LogP contribution >= 0.6 is 0 Å². The van der Waals surface area contributed by atoms with E-state index >= 15 is 0 Å². The summed E-state index contributed by atoms with van der Waals surface area (Å²) in [5.41, 5.74) is 7.21. The van der Waals surface area contributed by atoms with E-state index < -0.39 is 0 Å². The van der Waals surface area contributed by atoms with Crippen LogP contribution in [0, 0.1) is 5.92 Å². The van der Waals surface area contributed by atoms with E-state index in [9.17, 15) is 0 Å². The van der Waals surface area contributed by atoms with Crippen molar-refractivity contribution in [2.24, 2.45) is 11.7 Å². The minimum atomic E-state index is 0.175. The largest absolute Gasteiger partial charge is 0.481 e. The molecule has 1 aliphatic rings. The number of rotatable bonds is 9. The van der Waals surface area contributed by atoms with Gasteiger partial charge in [-0.05, 0) is 31.2 Å². The zero-order valence-corrected chi connectivity index (χ0v) is 13.3. The Kier molecular flexibility index (Phi) is 5.96. The van der Waals surface area contributed by atoms with E-state index in [0.717, 1.165) is 24.6 Å². The molecular formula is C16H27N3O2. The van der Waals surface area contributed by atoms with Gasteiger partial charge in [0.25, 0.3) is 0 Å². The molecule has 5 heteroatoms. The van der Waals surface area contributed by atoms with Gasteiger partial charge in [0, 0.05) is 44.5 Å². The summed E-state index contributed by atoms with van der Waals surface area (Å²) in [5, 5.41) is 0. The average molecular weight is 293 g/mol. The second-order valence-electron chi connectivity index (χ2n) is 5.69. The third-order valence-electron chi connectivity index (χ3n) is 4.36. The van der Waals surface area contributed by atoms with Gasteiger partial charge in [-0.2, -0.15) is 0 Å². The lowest BCUT2D eigenvalue weighted by Gasteiger charge is -2.36. The second-order valence-corrected chi connectivity index (χ2v) is 5.69. The SMILES string of the molecule is COCCN(C(CN)c1ccc(OC)nc1)C(C)C1CC1. The van der Waals surface area contributed by atoms with Gasteiger partial charge in [-0.1, -0.05) is 6.07 Å². The summed E-state index contributed by atoms with van der Waals surface area (Å²) in [6.07, 6.45) is 4.52. The van der Waals surface area contributed by atoms with Crippen molar-refractivity contribution in [3.63, 3.8) is 0 Å². The lowest BCUT2D eigenvalue weighted by Crippen LogP contribution is -2.43. The Balaban J connectivity index is 2.15. The highest BCUT2D eigenvalue weighted by Gasteiger charge is 2.35. The van der Waals surface area contributed by atoms with Gasteiger partial charge in [-0.3, -0.25) is 4.90 Å². The van der Waals surface area contributed by atoms with Crippen molar-refractivity contribution in [2.45, 2.75) is 31.8 Å². The van der Waals surface area contributed by atoms with Gasteiger partial charge < -0.3 is 15.2 Å². The van der Waals surface area contributed by atoms with E-state index in [4.69, 9.17) is 15.2 Å². The fourth-order valence-electron chi connectivity index (χ4n) is 2.86. The number of hydrogen-bond acceptors (Lipinski definition) is 5. The predicted octanol–water partition coefficient (Wildman–Crippen LogP) is 1.84. The summed E-state index contributed by atoms with van der Waals surface area (Å²) in [6.45, 7) is 4.49. The number of nitrogens with zero attached hydrogens (tertiary/aromatic N) is 2. The molecule has 118 valence electrons. The standard InChI is InChI=1S/C16H27N3O2/c1-12(13-4-5-13)19(8-9-20-2)15(10-17)14-6-7-16(21-3)18-11-14/h6-7,11-13,15H,4-5,8-10,17H2,1-3H3. The predicted molar refractivity (Wildman–Crippen MR) is 83.4 cm³/mol. The van der Waals surface area contributed by atoms with Crippen LogP contribution in [-0.2, 0) is 4.74 Å². The normalized spacial score (nSPS) is 17.8. The van der Waals surface area contributed by atoms with Gasteiger partial charge in [0.1, 0.15) is 0 Å². The molecule has 1 fully saturated rings. The quantitative estimate of drug-likeness (QED) is 0.753. The number of nitrogens with two attached hydrogens (primary N) is 1. The molecule has 0 radical (unpaired) electrons. The van der Waals surface area contributed by atoms with E-state index in [1.54, 1.807) is 14.2 Å². The summed E-state index contributed by atoms with van der Waals surface area (Å²) in [6, 6.07) is 4.65. The van der Waals surface area contributed by atoms with Crippen LogP contribution in [0.4, 0.5) is 0 Å². The summed E-state index contributed by atoms with van der Waals surface area (Å²) >= 11 is 0. The maximum absolute atomic E-state index is 6.06. The number of ether oxygens (including phenoxy) is 2. The first-order chi connectivity index (χ1) is 10.2. The zero-order chi connectivity index (χ0) is 15.2. The van der Waals surface area contributed by atoms with Crippen LogP contribution in [0.1, 0.15) is 31.4 Å². The van der Waals surface area contributed by atoms with Crippen molar-refractivity contribution in [1.82, 2.24) is 9.88 Å². The molecule has 2 rings (SSSR count). The Hall–Kier alpha value is -1.17. The van der Waals surface area contributed by atoms with Crippen LogP contribution in [-0.4, -0.2) is 49.8 Å². The van der Waals surface area contributed by atoms with Gasteiger partial charge in [0.05, 0.1) is 13.7 Å². The van der Waals surface area contributed by atoms with Crippen LogP contribution in [0.2, 0.25) is 0 Å². The smallest absolute Gasteiger partial charge is 0.212 e. The van der Waals surface area contributed by atoms with Crippen LogP contribution in [0.25, 0.3) is 0 Å². The van der Waals surface area contributed by atoms with Gasteiger partial charge >= 0.3 is 0 Å². The molecule has 0 bridgehead atoms. The summed E-state index contributed by atoms with van der Waals surface area (Å²) in [7, 11) is 3.37. The minimum Gasteiger partial charge on any atom is -0.481 e. The number of pyridine rings is 1. The van der Waals surface area contributed by atoms with Crippen LogP contribution in [0.3, 0.4) is 0 Å². The third-order valence-corrected chi connectivity index (χ3v) is 4.36. The van der Waals surface area contributed by atoms with E-state index in [1.165, 1.54) is 12.8 Å². The second kappa shape index (κ2) is 7.73. The van der Waals surface area contributed by atoms with Crippen molar-refractivity contribution >= 4 is 0 Å². The summed E-state index contributed by atoms with van der Waals surface area (Å²) in [5.74, 6) is 1.43. The van der Waals surface area contributed by atoms with E-state index in [0.29, 0.717) is 18.5 Å². The maximum Gasteiger partial charge on any atom is 0.212 e. The molecule has 1 aromatic rings. The summed E-state index contributed by atoms with van der Waals surface area (Å²) in [4.78, 5) is 6.78. The molecule has 2 unspecified atom stereocenters. The fraction of sp³-hybridized carbons (Fsp3) is 0.688. The Morgan fingerprint density at radius 2 is 2.14 bits per heavy atom. The van der Waals surface area contributed by atoms with Crippen molar-refractivity contribution < 1.29 is 9.47 Å². The van der Waals surface area contributed by atoms with Crippen LogP contribution in [0.15, 0.2) is 18.3 Å². The number of hydrogen-bond donors (Lipinski definition) is 1. The molecule has 1 saturated carbocycles. The Morgan fingerprint density at radius 1 is 1.38 bits per heavy atom. The zero-order valence-electron chi connectivity index (χ0n) is 13.3. The first-order valence-electron chi connectivity index (χ1n) is 7.66. The first-order valence-corrected chi connectivity index (χ1v) is 7.66. The minimum absolute atomic E-state index is 0.175. The lowest BCUT2D eigenvalue weighted by atomic mass is 10.0. The molecule has 5 nitrogen and oxygen atoms in total. The first kappa shape index (κ1) is 16.2. The molecule has 0 saturated heterocycles. The molecular weight excluding hydrogens is 266 g/mol. The maximum atomic E-state index is 6.06. The molecule has 1 heterocycles. The molecule has 1 aliphatic carbocycles. The van der Waals surface area contributed by atoms with Crippen molar-refractivity contribution in [3.8, 4) is 5.88 Å². The molecule has 0 amide bonds. The molecule has 1 aromatic heterocycles. The highest BCUT2D eigenvalue weighted by Crippen LogP contribution is 2.37. The monoisotopic (exact) mass is 293 g/mol. The molecule has 0 aliphatic heterocycles. The Labute approximate surface area is 127 Å².